The first kappa shape index (κ1) is 19.3. The maximum Gasteiger partial charge on any atom is 0.322 e. The number of carboxylic acid groups (broad SMARTS) is 1. The standard InChI is InChI=1S/C17H25FN4O3/c1-22(11-16(23)19-10-17(24)25)7-3-6-14-9-15(21-20-14)12-4-2-5-13(18)8-12/h2,4-5,8,14-15,20-21H,3,6-7,9-11H2,1H3,(H,19,23)(H,24,25). The number of nitrogens with zero attached hydrogens (tertiary/aromatic N) is 1. The molecule has 1 amide bonds. The van der Waals surface area contributed by atoms with Gasteiger partial charge in [0.25, 0.3) is 0 Å². The highest BCUT2D eigenvalue weighted by atomic mass is 19.1. The molecule has 0 bridgehead atoms. The molecule has 1 aliphatic heterocycles. The third kappa shape index (κ3) is 6.77. The quantitative estimate of drug-likeness (QED) is 0.521. The zero-order chi connectivity index (χ0) is 18.2. The van der Waals surface area contributed by atoms with Gasteiger partial charge in [0.1, 0.15) is 12.4 Å². The molecule has 0 aliphatic carbocycles. The third-order valence-electron chi connectivity index (χ3n) is 4.18. The minimum absolute atomic E-state index is 0.0974. The van der Waals surface area contributed by atoms with Gasteiger partial charge in [-0.1, -0.05) is 12.1 Å². The molecule has 2 rings (SSSR count). The van der Waals surface area contributed by atoms with Gasteiger partial charge < -0.3 is 10.4 Å². The maximum atomic E-state index is 13.3. The fourth-order valence-electron chi connectivity index (χ4n) is 2.92. The molecular weight excluding hydrogens is 327 g/mol. The van der Waals surface area contributed by atoms with Crippen LogP contribution in [0.4, 0.5) is 4.39 Å². The molecular formula is C17H25FN4O3. The summed E-state index contributed by atoms with van der Waals surface area (Å²) in [4.78, 5) is 23.8. The van der Waals surface area contributed by atoms with Gasteiger partial charge in [-0.25, -0.2) is 4.39 Å². The molecule has 25 heavy (non-hydrogen) atoms. The van der Waals surface area contributed by atoms with Crippen molar-refractivity contribution in [3.05, 3.63) is 35.6 Å². The second-order valence-corrected chi connectivity index (χ2v) is 6.38. The van der Waals surface area contributed by atoms with Gasteiger partial charge in [-0.2, -0.15) is 0 Å². The summed E-state index contributed by atoms with van der Waals surface area (Å²) in [6.45, 7) is 0.560. The second kappa shape index (κ2) is 9.45. The zero-order valence-corrected chi connectivity index (χ0v) is 14.3. The number of likely N-dealkylation sites (N-methyl/N-ethyl adjacent to an activating group) is 1. The first-order valence-corrected chi connectivity index (χ1v) is 8.37. The molecule has 0 radical (unpaired) electrons. The number of carbonyl (C=O) groups excluding carboxylic acids is 1. The van der Waals surface area contributed by atoms with E-state index < -0.39 is 5.97 Å². The van der Waals surface area contributed by atoms with Gasteiger partial charge >= 0.3 is 5.97 Å². The molecule has 8 heteroatoms. The molecule has 2 unspecified atom stereocenters. The molecule has 4 N–H and O–H groups in total. The van der Waals surface area contributed by atoms with Gasteiger partial charge in [-0.05, 0) is 50.6 Å². The summed E-state index contributed by atoms with van der Waals surface area (Å²) >= 11 is 0. The molecule has 1 aromatic rings. The second-order valence-electron chi connectivity index (χ2n) is 6.38. The van der Waals surface area contributed by atoms with E-state index in [1.807, 2.05) is 18.0 Å². The molecule has 1 fully saturated rings. The molecule has 0 spiro atoms. The van der Waals surface area contributed by atoms with Crippen molar-refractivity contribution in [2.45, 2.75) is 31.3 Å². The average Bonchev–Trinajstić information content (AvgIpc) is 3.02. The van der Waals surface area contributed by atoms with Gasteiger partial charge in [-0.3, -0.25) is 25.3 Å². The summed E-state index contributed by atoms with van der Waals surface area (Å²) < 4.78 is 13.3. The third-order valence-corrected chi connectivity index (χ3v) is 4.18. The molecule has 1 heterocycles. The van der Waals surface area contributed by atoms with Crippen LogP contribution in [0.25, 0.3) is 0 Å². The van der Waals surface area contributed by atoms with Crippen LogP contribution in [0.15, 0.2) is 24.3 Å². The van der Waals surface area contributed by atoms with E-state index in [0.717, 1.165) is 31.4 Å². The Balaban J connectivity index is 1.64. The summed E-state index contributed by atoms with van der Waals surface area (Å²) in [6, 6.07) is 7.00. The summed E-state index contributed by atoms with van der Waals surface area (Å²) in [5, 5.41) is 10.9. The van der Waals surface area contributed by atoms with E-state index in [1.54, 1.807) is 12.1 Å². The van der Waals surface area contributed by atoms with Gasteiger partial charge in [0.15, 0.2) is 0 Å². The first-order chi connectivity index (χ1) is 11.9. The van der Waals surface area contributed by atoms with Gasteiger partial charge in [0.05, 0.1) is 6.54 Å². The number of aliphatic carboxylic acids is 1. The van der Waals surface area contributed by atoms with Crippen molar-refractivity contribution in [3.8, 4) is 0 Å². The van der Waals surface area contributed by atoms with Crippen molar-refractivity contribution >= 4 is 11.9 Å². The molecule has 0 aromatic heterocycles. The van der Waals surface area contributed by atoms with Gasteiger partial charge in [0, 0.05) is 12.1 Å². The Morgan fingerprint density at radius 2 is 2.20 bits per heavy atom. The SMILES string of the molecule is CN(CCCC1CC(c2cccc(F)c2)NN1)CC(=O)NCC(=O)O. The number of benzene rings is 1. The Kier molecular flexibility index (Phi) is 7.30. The number of carbonyl (C=O) groups is 2. The smallest absolute Gasteiger partial charge is 0.322 e. The number of carboxylic acids is 1. The fraction of sp³-hybridized carbons (Fsp3) is 0.529. The Labute approximate surface area is 146 Å². The topological polar surface area (TPSA) is 93.7 Å². The number of hydrazine groups is 1. The highest BCUT2D eigenvalue weighted by Gasteiger charge is 2.24. The van der Waals surface area contributed by atoms with E-state index in [1.165, 1.54) is 6.07 Å². The normalized spacial score (nSPS) is 20.0. The lowest BCUT2D eigenvalue weighted by Crippen LogP contribution is -2.38. The number of halogens is 1. The minimum atomic E-state index is -1.05. The van der Waals surface area contributed by atoms with E-state index in [-0.39, 0.29) is 30.9 Å². The number of rotatable bonds is 9. The number of amides is 1. The Morgan fingerprint density at radius 3 is 2.92 bits per heavy atom. The van der Waals surface area contributed by atoms with E-state index >= 15 is 0 Å². The van der Waals surface area contributed by atoms with Crippen molar-refractivity contribution < 1.29 is 19.1 Å². The van der Waals surface area contributed by atoms with E-state index in [0.29, 0.717) is 6.04 Å². The predicted molar refractivity (Wildman–Crippen MR) is 91.2 cm³/mol. The van der Waals surface area contributed by atoms with Crippen LogP contribution in [-0.2, 0) is 9.59 Å². The predicted octanol–water partition coefficient (Wildman–Crippen LogP) is 0.646. The summed E-state index contributed by atoms with van der Waals surface area (Å²) in [6.07, 6.45) is 2.71. The highest BCUT2D eigenvalue weighted by Crippen LogP contribution is 2.24. The largest absolute Gasteiger partial charge is 0.480 e. The lowest BCUT2D eigenvalue weighted by Gasteiger charge is -2.17. The van der Waals surface area contributed by atoms with Crippen molar-refractivity contribution in [2.24, 2.45) is 0 Å². The maximum absolute atomic E-state index is 13.3. The van der Waals surface area contributed by atoms with Crippen LogP contribution < -0.4 is 16.2 Å². The molecule has 1 saturated heterocycles. The van der Waals surface area contributed by atoms with Crippen LogP contribution in [-0.4, -0.2) is 54.6 Å². The molecule has 0 saturated carbocycles. The monoisotopic (exact) mass is 352 g/mol. The molecule has 7 nitrogen and oxygen atoms in total. The Morgan fingerprint density at radius 1 is 1.40 bits per heavy atom. The van der Waals surface area contributed by atoms with Crippen LogP contribution >= 0.6 is 0 Å². The molecule has 2 atom stereocenters. The Hall–Kier alpha value is -2.03. The van der Waals surface area contributed by atoms with Crippen LogP contribution in [0.5, 0.6) is 0 Å². The first-order valence-electron chi connectivity index (χ1n) is 8.37. The fourth-order valence-corrected chi connectivity index (χ4v) is 2.92. The van der Waals surface area contributed by atoms with Crippen LogP contribution in [0, 0.1) is 5.82 Å². The lowest BCUT2D eigenvalue weighted by molar-refractivity contribution is -0.138. The Bertz CT molecular complexity index is 599. The van der Waals surface area contributed by atoms with Gasteiger partial charge in [-0.15, -0.1) is 0 Å². The lowest BCUT2D eigenvalue weighted by atomic mass is 9.99. The highest BCUT2D eigenvalue weighted by molar-refractivity contribution is 5.82. The van der Waals surface area contributed by atoms with Crippen LogP contribution in [0.2, 0.25) is 0 Å². The molecule has 1 aromatic carbocycles. The van der Waals surface area contributed by atoms with Crippen molar-refractivity contribution in [1.82, 2.24) is 21.1 Å². The van der Waals surface area contributed by atoms with Crippen molar-refractivity contribution in [1.29, 1.82) is 0 Å². The van der Waals surface area contributed by atoms with Crippen molar-refractivity contribution in [3.63, 3.8) is 0 Å². The van der Waals surface area contributed by atoms with Gasteiger partial charge in [0.2, 0.25) is 5.91 Å². The van der Waals surface area contributed by atoms with E-state index in [2.05, 4.69) is 16.2 Å². The van der Waals surface area contributed by atoms with E-state index in [4.69, 9.17) is 5.11 Å². The van der Waals surface area contributed by atoms with Crippen molar-refractivity contribution in [2.75, 3.05) is 26.7 Å². The molecule has 1 aliphatic rings. The number of hydrogen-bond acceptors (Lipinski definition) is 5. The van der Waals surface area contributed by atoms with E-state index in [9.17, 15) is 14.0 Å². The summed E-state index contributed by atoms with van der Waals surface area (Å²) in [7, 11) is 1.83. The number of nitrogens with one attached hydrogen (secondary N) is 3. The zero-order valence-electron chi connectivity index (χ0n) is 14.3. The van der Waals surface area contributed by atoms with Crippen LogP contribution in [0.1, 0.15) is 30.9 Å². The van der Waals surface area contributed by atoms with Crippen LogP contribution in [0.3, 0.4) is 0 Å². The average molecular weight is 352 g/mol. The molecule has 138 valence electrons. The minimum Gasteiger partial charge on any atom is -0.480 e. The summed E-state index contributed by atoms with van der Waals surface area (Å²) in [5.74, 6) is -1.58. The summed E-state index contributed by atoms with van der Waals surface area (Å²) in [5.41, 5.74) is 7.37. The number of hydrogen-bond donors (Lipinski definition) is 4.